The first kappa shape index (κ1) is 13.9. The van der Waals surface area contributed by atoms with Gasteiger partial charge in [0.25, 0.3) is 0 Å². The summed E-state index contributed by atoms with van der Waals surface area (Å²) in [7, 11) is 0. The molecule has 2 atom stereocenters. The summed E-state index contributed by atoms with van der Waals surface area (Å²) in [6.45, 7) is 5.58. The summed E-state index contributed by atoms with van der Waals surface area (Å²) < 4.78 is 0. The first-order chi connectivity index (χ1) is 9.88. The minimum Gasteiger partial charge on any atom is -0.368 e. The van der Waals surface area contributed by atoms with Crippen LogP contribution < -0.4 is 10.2 Å². The zero-order chi connectivity index (χ0) is 13.8. The standard InChI is InChI=1S/C18H28N2/c1-2-12-19-14-15-8-10-17(11-9-15)20-13-4-6-16-5-3-7-18(16)20/h8-11,16,18-19H,2-7,12-14H2,1H3. The molecule has 1 aliphatic heterocycles. The average Bonchev–Trinajstić information content (AvgIpc) is 2.97. The van der Waals surface area contributed by atoms with Gasteiger partial charge in [-0.1, -0.05) is 25.5 Å². The van der Waals surface area contributed by atoms with E-state index in [1.165, 1.54) is 56.3 Å². The summed E-state index contributed by atoms with van der Waals surface area (Å²) in [6.07, 6.45) is 8.34. The van der Waals surface area contributed by atoms with Crippen molar-refractivity contribution in [3.8, 4) is 0 Å². The van der Waals surface area contributed by atoms with Crippen molar-refractivity contribution in [3.05, 3.63) is 29.8 Å². The molecule has 0 bridgehead atoms. The van der Waals surface area contributed by atoms with E-state index in [2.05, 4.69) is 41.4 Å². The van der Waals surface area contributed by atoms with Gasteiger partial charge in [0, 0.05) is 24.8 Å². The molecule has 1 aromatic rings. The molecular formula is C18H28N2. The zero-order valence-electron chi connectivity index (χ0n) is 12.8. The van der Waals surface area contributed by atoms with Gasteiger partial charge in [0.1, 0.15) is 0 Å². The van der Waals surface area contributed by atoms with Gasteiger partial charge < -0.3 is 10.2 Å². The minimum atomic E-state index is 0.827. The van der Waals surface area contributed by atoms with Crippen LogP contribution in [0.1, 0.15) is 51.0 Å². The SMILES string of the molecule is CCCNCc1ccc(N2CCCC3CCCC32)cc1. The van der Waals surface area contributed by atoms with Gasteiger partial charge in [-0.15, -0.1) is 0 Å². The number of hydrogen-bond donors (Lipinski definition) is 1. The number of nitrogens with one attached hydrogen (secondary N) is 1. The van der Waals surface area contributed by atoms with Crippen molar-refractivity contribution in [3.63, 3.8) is 0 Å². The average molecular weight is 272 g/mol. The Morgan fingerprint density at radius 2 is 1.90 bits per heavy atom. The fraction of sp³-hybridized carbons (Fsp3) is 0.667. The van der Waals surface area contributed by atoms with E-state index in [0.717, 1.165) is 25.0 Å². The van der Waals surface area contributed by atoms with Gasteiger partial charge in [0.05, 0.1) is 0 Å². The molecule has 1 N–H and O–H groups in total. The third-order valence-corrected chi connectivity index (χ3v) is 5.02. The highest BCUT2D eigenvalue weighted by Gasteiger charge is 2.34. The van der Waals surface area contributed by atoms with Crippen molar-refractivity contribution < 1.29 is 0 Å². The van der Waals surface area contributed by atoms with Crippen molar-refractivity contribution in [2.24, 2.45) is 5.92 Å². The summed E-state index contributed by atoms with van der Waals surface area (Å²) in [5.74, 6) is 0.967. The van der Waals surface area contributed by atoms with Crippen LogP contribution in [0.3, 0.4) is 0 Å². The molecule has 2 unspecified atom stereocenters. The van der Waals surface area contributed by atoms with Crippen LogP contribution in [0.5, 0.6) is 0 Å². The highest BCUT2D eigenvalue weighted by Crippen LogP contribution is 2.39. The molecule has 1 heterocycles. The van der Waals surface area contributed by atoms with E-state index in [4.69, 9.17) is 0 Å². The summed E-state index contributed by atoms with van der Waals surface area (Å²) >= 11 is 0. The number of anilines is 1. The summed E-state index contributed by atoms with van der Waals surface area (Å²) in [4.78, 5) is 2.68. The van der Waals surface area contributed by atoms with Gasteiger partial charge in [-0.2, -0.15) is 0 Å². The van der Waals surface area contributed by atoms with Crippen LogP contribution in [0.15, 0.2) is 24.3 Å². The minimum absolute atomic E-state index is 0.827. The summed E-state index contributed by atoms with van der Waals surface area (Å²) in [5.41, 5.74) is 2.85. The predicted molar refractivity (Wildman–Crippen MR) is 86.1 cm³/mol. The van der Waals surface area contributed by atoms with Crippen LogP contribution in [0.2, 0.25) is 0 Å². The van der Waals surface area contributed by atoms with Crippen molar-refractivity contribution in [2.75, 3.05) is 18.0 Å². The molecule has 20 heavy (non-hydrogen) atoms. The van der Waals surface area contributed by atoms with Crippen LogP contribution >= 0.6 is 0 Å². The van der Waals surface area contributed by atoms with E-state index in [9.17, 15) is 0 Å². The van der Waals surface area contributed by atoms with E-state index in [1.807, 2.05) is 0 Å². The number of benzene rings is 1. The van der Waals surface area contributed by atoms with E-state index in [0.29, 0.717) is 0 Å². The van der Waals surface area contributed by atoms with Crippen LogP contribution in [-0.2, 0) is 6.54 Å². The molecule has 0 radical (unpaired) electrons. The second kappa shape index (κ2) is 6.62. The first-order valence-electron chi connectivity index (χ1n) is 8.45. The van der Waals surface area contributed by atoms with Crippen LogP contribution in [0.4, 0.5) is 5.69 Å². The van der Waals surface area contributed by atoms with Crippen LogP contribution in [0, 0.1) is 5.92 Å². The molecule has 2 heteroatoms. The fourth-order valence-electron chi connectivity index (χ4n) is 3.99. The Morgan fingerprint density at radius 3 is 2.70 bits per heavy atom. The lowest BCUT2D eigenvalue weighted by molar-refractivity contribution is 0.362. The number of nitrogens with zero attached hydrogens (tertiary/aromatic N) is 1. The summed E-state index contributed by atoms with van der Waals surface area (Å²) in [6, 6.07) is 10.1. The van der Waals surface area contributed by atoms with E-state index < -0.39 is 0 Å². The van der Waals surface area contributed by atoms with Gasteiger partial charge in [-0.05, 0) is 62.3 Å². The van der Waals surface area contributed by atoms with Crippen LogP contribution in [-0.4, -0.2) is 19.1 Å². The zero-order valence-corrected chi connectivity index (χ0v) is 12.8. The molecule has 110 valence electrons. The highest BCUT2D eigenvalue weighted by molar-refractivity contribution is 5.49. The Labute approximate surface area is 123 Å². The van der Waals surface area contributed by atoms with Gasteiger partial charge in [-0.25, -0.2) is 0 Å². The second-order valence-corrected chi connectivity index (χ2v) is 6.44. The Bertz CT molecular complexity index is 412. The van der Waals surface area contributed by atoms with Gasteiger partial charge >= 0.3 is 0 Å². The molecular weight excluding hydrogens is 244 g/mol. The lowest BCUT2D eigenvalue weighted by Gasteiger charge is -2.39. The number of fused-ring (bicyclic) bond motifs is 1. The van der Waals surface area contributed by atoms with Gasteiger partial charge in [-0.3, -0.25) is 0 Å². The molecule has 1 aromatic carbocycles. The maximum absolute atomic E-state index is 3.47. The van der Waals surface area contributed by atoms with Crippen molar-refractivity contribution in [2.45, 2.75) is 58.0 Å². The maximum atomic E-state index is 3.47. The van der Waals surface area contributed by atoms with E-state index in [-0.39, 0.29) is 0 Å². The van der Waals surface area contributed by atoms with Gasteiger partial charge in [0.2, 0.25) is 0 Å². The fourth-order valence-corrected chi connectivity index (χ4v) is 3.99. The van der Waals surface area contributed by atoms with E-state index >= 15 is 0 Å². The number of rotatable bonds is 5. The molecule has 0 aromatic heterocycles. The summed E-state index contributed by atoms with van der Waals surface area (Å²) in [5, 5.41) is 3.47. The first-order valence-corrected chi connectivity index (χ1v) is 8.45. The molecule has 0 spiro atoms. The molecule has 1 aliphatic carbocycles. The predicted octanol–water partition coefficient (Wildman–Crippen LogP) is 3.96. The Morgan fingerprint density at radius 1 is 1.10 bits per heavy atom. The molecule has 2 nitrogen and oxygen atoms in total. The maximum Gasteiger partial charge on any atom is 0.0369 e. The Hall–Kier alpha value is -1.02. The molecule has 1 saturated carbocycles. The number of piperidine rings is 1. The van der Waals surface area contributed by atoms with Crippen molar-refractivity contribution in [1.29, 1.82) is 0 Å². The van der Waals surface area contributed by atoms with Crippen molar-refractivity contribution in [1.82, 2.24) is 5.32 Å². The molecule has 3 rings (SSSR count). The second-order valence-electron chi connectivity index (χ2n) is 6.44. The van der Waals surface area contributed by atoms with E-state index in [1.54, 1.807) is 0 Å². The normalized spacial score (nSPS) is 25.8. The Kier molecular flexibility index (Phi) is 4.62. The quantitative estimate of drug-likeness (QED) is 0.816. The molecule has 1 saturated heterocycles. The third-order valence-electron chi connectivity index (χ3n) is 5.02. The highest BCUT2D eigenvalue weighted by atomic mass is 15.2. The van der Waals surface area contributed by atoms with Crippen molar-refractivity contribution >= 4 is 5.69 Å². The lowest BCUT2D eigenvalue weighted by Crippen LogP contribution is -2.42. The molecule has 2 aliphatic rings. The monoisotopic (exact) mass is 272 g/mol. The van der Waals surface area contributed by atoms with Crippen LogP contribution in [0.25, 0.3) is 0 Å². The molecule has 2 fully saturated rings. The molecule has 0 amide bonds. The Balaban J connectivity index is 1.64. The largest absolute Gasteiger partial charge is 0.368 e. The van der Waals surface area contributed by atoms with Gasteiger partial charge in [0.15, 0.2) is 0 Å². The number of hydrogen-bond acceptors (Lipinski definition) is 2. The topological polar surface area (TPSA) is 15.3 Å². The third kappa shape index (κ3) is 3.01. The lowest BCUT2D eigenvalue weighted by atomic mass is 9.91. The smallest absolute Gasteiger partial charge is 0.0369 e.